The van der Waals surface area contributed by atoms with Crippen molar-refractivity contribution in [2.24, 2.45) is 0 Å². The van der Waals surface area contributed by atoms with E-state index in [2.05, 4.69) is 10.1 Å². The normalized spacial score (nSPS) is 11.7. The Bertz CT molecular complexity index is 749. The molecular formula is C16H12F3NO3. The number of carbonyl (C=O) groups excluding carboxylic acids is 2. The largest absolute Gasteiger partial charge is 0.467 e. The highest BCUT2D eigenvalue weighted by atomic mass is 19.1. The maximum Gasteiger partial charge on any atom is 0.333 e. The van der Waals surface area contributed by atoms with Crippen LogP contribution >= 0.6 is 0 Å². The number of esters is 1. The minimum atomic E-state index is -1.61. The Morgan fingerprint density at radius 1 is 1.04 bits per heavy atom. The molecule has 1 N–H and O–H groups in total. The Labute approximate surface area is 129 Å². The summed E-state index contributed by atoms with van der Waals surface area (Å²) in [6.45, 7) is 0. The van der Waals surface area contributed by atoms with Crippen molar-refractivity contribution in [1.29, 1.82) is 0 Å². The number of halogens is 3. The van der Waals surface area contributed by atoms with Crippen LogP contribution in [0.15, 0.2) is 42.5 Å². The van der Waals surface area contributed by atoms with Crippen molar-refractivity contribution in [2.45, 2.75) is 6.04 Å². The Balaban J connectivity index is 2.37. The maximum absolute atomic E-state index is 13.8. The van der Waals surface area contributed by atoms with E-state index in [-0.39, 0.29) is 5.56 Å². The van der Waals surface area contributed by atoms with Crippen LogP contribution in [0.2, 0.25) is 0 Å². The van der Waals surface area contributed by atoms with Gasteiger partial charge in [0, 0.05) is 5.56 Å². The average Bonchev–Trinajstić information content (AvgIpc) is 2.54. The van der Waals surface area contributed by atoms with E-state index in [1.165, 1.54) is 18.2 Å². The minimum Gasteiger partial charge on any atom is -0.467 e. The summed E-state index contributed by atoms with van der Waals surface area (Å²) in [6, 6.07) is 5.90. The van der Waals surface area contributed by atoms with Crippen LogP contribution in [0.3, 0.4) is 0 Å². The van der Waals surface area contributed by atoms with Gasteiger partial charge in [-0.3, -0.25) is 4.79 Å². The van der Waals surface area contributed by atoms with Crippen molar-refractivity contribution in [3.63, 3.8) is 0 Å². The molecule has 2 rings (SSSR count). The van der Waals surface area contributed by atoms with E-state index in [4.69, 9.17) is 0 Å². The molecule has 2 aromatic rings. The number of hydrogen-bond donors (Lipinski definition) is 1. The number of amides is 1. The predicted molar refractivity (Wildman–Crippen MR) is 75.0 cm³/mol. The summed E-state index contributed by atoms with van der Waals surface area (Å²) in [5, 5.41) is 2.15. The molecule has 0 saturated carbocycles. The highest BCUT2D eigenvalue weighted by Gasteiger charge is 2.28. The van der Waals surface area contributed by atoms with E-state index >= 15 is 0 Å². The van der Waals surface area contributed by atoms with Gasteiger partial charge in [0.1, 0.15) is 17.5 Å². The molecule has 23 heavy (non-hydrogen) atoms. The molecule has 0 spiro atoms. The highest BCUT2D eigenvalue weighted by Crippen LogP contribution is 2.21. The Morgan fingerprint density at radius 2 is 1.74 bits per heavy atom. The molecule has 0 aliphatic carbocycles. The third-order valence-electron chi connectivity index (χ3n) is 3.10. The molecule has 0 aliphatic heterocycles. The zero-order valence-corrected chi connectivity index (χ0v) is 12.0. The van der Waals surface area contributed by atoms with Crippen molar-refractivity contribution in [3.8, 4) is 0 Å². The van der Waals surface area contributed by atoms with Gasteiger partial charge in [-0.25, -0.2) is 18.0 Å². The second-order valence-electron chi connectivity index (χ2n) is 4.58. The molecule has 4 nitrogen and oxygen atoms in total. The minimum absolute atomic E-state index is 0.335. The number of hydrogen-bond acceptors (Lipinski definition) is 3. The van der Waals surface area contributed by atoms with Crippen LogP contribution in [-0.2, 0) is 9.53 Å². The van der Waals surface area contributed by atoms with Gasteiger partial charge in [-0.05, 0) is 30.3 Å². The van der Waals surface area contributed by atoms with Gasteiger partial charge >= 0.3 is 5.97 Å². The lowest BCUT2D eigenvalue weighted by atomic mass is 10.0. The topological polar surface area (TPSA) is 55.4 Å². The SMILES string of the molecule is COC(=O)C(NC(=O)c1ccccc1F)c1cc(F)ccc1F. The first kappa shape index (κ1) is 16.5. The molecule has 7 heteroatoms. The van der Waals surface area contributed by atoms with Crippen LogP contribution in [-0.4, -0.2) is 19.0 Å². The molecule has 1 amide bonds. The van der Waals surface area contributed by atoms with E-state index in [1.807, 2.05) is 0 Å². The van der Waals surface area contributed by atoms with Crippen molar-refractivity contribution >= 4 is 11.9 Å². The highest BCUT2D eigenvalue weighted by molar-refractivity contribution is 5.97. The number of ether oxygens (including phenoxy) is 1. The fraction of sp³-hybridized carbons (Fsp3) is 0.125. The lowest BCUT2D eigenvalue weighted by molar-refractivity contribution is -0.143. The van der Waals surface area contributed by atoms with E-state index in [9.17, 15) is 22.8 Å². The predicted octanol–water partition coefficient (Wildman–Crippen LogP) is 2.75. The van der Waals surface area contributed by atoms with Crippen LogP contribution < -0.4 is 5.32 Å². The van der Waals surface area contributed by atoms with E-state index < -0.39 is 40.9 Å². The Morgan fingerprint density at radius 3 is 2.39 bits per heavy atom. The third-order valence-corrected chi connectivity index (χ3v) is 3.10. The molecule has 0 fully saturated rings. The summed E-state index contributed by atoms with van der Waals surface area (Å²) in [4.78, 5) is 23.9. The molecule has 1 atom stereocenters. The summed E-state index contributed by atoms with van der Waals surface area (Å²) >= 11 is 0. The van der Waals surface area contributed by atoms with Gasteiger partial charge in [0.2, 0.25) is 0 Å². The maximum atomic E-state index is 13.8. The molecule has 2 aromatic carbocycles. The summed E-state index contributed by atoms with van der Waals surface area (Å²) in [5.74, 6) is -4.49. The fourth-order valence-electron chi connectivity index (χ4n) is 1.97. The smallest absolute Gasteiger partial charge is 0.333 e. The van der Waals surface area contributed by atoms with E-state index in [1.54, 1.807) is 0 Å². The lowest BCUT2D eigenvalue weighted by Crippen LogP contribution is -2.35. The second-order valence-corrected chi connectivity index (χ2v) is 4.58. The number of methoxy groups -OCH3 is 1. The van der Waals surface area contributed by atoms with Gasteiger partial charge in [-0.15, -0.1) is 0 Å². The molecule has 0 bridgehead atoms. The molecule has 0 aliphatic rings. The van der Waals surface area contributed by atoms with Crippen LogP contribution in [0, 0.1) is 17.5 Å². The monoisotopic (exact) mass is 323 g/mol. The van der Waals surface area contributed by atoms with Crippen molar-refractivity contribution in [1.82, 2.24) is 5.32 Å². The summed E-state index contributed by atoms with van der Waals surface area (Å²) in [6.07, 6.45) is 0. The zero-order valence-electron chi connectivity index (χ0n) is 12.0. The van der Waals surface area contributed by atoms with Crippen molar-refractivity contribution < 1.29 is 27.5 Å². The van der Waals surface area contributed by atoms with Crippen molar-refractivity contribution in [3.05, 3.63) is 71.0 Å². The standard InChI is InChI=1S/C16H12F3NO3/c1-23-16(22)14(11-8-9(17)6-7-13(11)19)20-15(21)10-4-2-3-5-12(10)18/h2-8,14H,1H3,(H,20,21). The van der Waals surface area contributed by atoms with Crippen molar-refractivity contribution in [2.75, 3.05) is 7.11 Å². The van der Waals surface area contributed by atoms with Gasteiger partial charge < -0.3 is 10.1 Å². The molecule has 0 aromatic heterocycles. The Kier molecular flexibility index (Phi) is 5.00. The molecule has 0 heterocycles. The van der Waals surface area contributed by atoms with Crippen LogP contribution in [0.4, 0.5) is 13.2 Å². The lowest BCUT2D eigenvalue weighted by Gasteiger charge is -2.17. The van der Waals surface area contributed by atoms with Crippen LogP contribution in [0.5, 0.6) is 0 Å². The molecule has 120 valence electrons. The second kappa shape index (κ2) is 6.95. The molecule has 0 saturated heterocycles. The molecular weight excluding hydrogens is 311 g/mol. The first-order valence-corrected chi connectivity index (χ1v) is 6.52. The average molecular weight is 323 g/mol. The van der Waals surface area contributed by atoms with E-state index in [0.29, 0.717) is 0 Å². The number of carbonyl (C=O) groups is 2. The van der Waals surface area contributed by atoms with Crippen LogP contribution in [0.1, 0.15) is 22.0 Å². The third kappa shape index (κ3) is 3.68. The van der Waals surface area contributed by atoms with Gasteiger partial charge in [-0.1, -0.05) is 12.1 Å². The van der Waals surface area contributed by atoms with Crippen LogP contribution in [0.25, 0.3) is 0 Å². The summed E-state index contributed by atoms with van der Waals surface area (Å²) < 4.78 is 45.3. The Hall–Kier alpha value is -2.83. The van der Waals surface area contributed by atoms with Gasteiger partial charge in [0.05, 0.1) is 12.7 Å². The quantitative estimate of drug-likeness (QED) is 0.880. The summed E-state index contributed by atoms with van der Waals surface area (Å²) in [5.41, 5.74) is -0.750. The van der Waals surface area contributed by atoms with Gasteiger partial charge in [0.15, 0.2) is 6.04 Å². The number of rotatable bonds is 4. The van der Waals surface area contributed by atoms with E-state index in [0.717, 1.165) is 31.4 Å². The number of nitrogens with one attached hydrogen (secondary N) is 1. The molecule has 1 unspecified atom stereocenters. The van der Waals surface area contributed by atoms with Gasteiger partial charge in [-0.2, -0.15) is 0 Å². The summed E-state index contributed by atoms with van der Waals surface area (Å²) in [7, 11) is 1.03. The zero-order chi connectivity index (χ0) is 17.0. The number of benzene rings is 2. The first-order valence-electron chi connectivity index (χ1n) is 6.52. The van der Waals surface area contributed by atoms with Gasteiger partial charge in [0.25, 0.3) is 5.91 Å². The first-order chi connectivity index (χ1) is 10.9. The molecule has 0 radical (unpaired) electrons. The fourth-order valence-corrected chi connectivity index (χ4v) is 1.97.